The molecular weight excluding hydrogens is 210 g/mol. The molecule has 0 bridgehead atoms. The van der Waals surface area contributed by atoms with E-state index in [2.05, 4.69) is 8.37 Å². The van der Waals surface area contributed by atoms with Crippen molar-refractivity contribution < 1.29 is 21.6 Å². The topological polar surface area (TPSA) is 72.9 Å². The average molecular weight is 223 g/mol. The Balaban J connectivity index is 2.49. The normalized spacial score (nSPS) is 17.9. The summed E-state index contributed by atoms with van der Waals surface area (Å²) in [6.07, 6.45) is 1.96. The van der Waals surface area contributed by atoms with E-state index in [0.29, 0.717) is 13.1 Å². The molecule has 1 fully saturated rings. The zero-order valence-electron chi connectivity index (χ0n) is 7.93. The number of piperidine rings is 1. The van der Waals surface area contributed by atoms with Gasteiger partial charge >= 0.3 is 16.5 Å². The van der Waals surface area contributed by atoms with Crippen LogP contribution in [0.2, 0.25) is 0 Å². The molecule has 0 atom stereocenters. The molecule has 0 spiro atoms. The lowest BCUT2D eigenvalue weighted by molar-refractivity contribution is 0.137. The van der Waals surface area contributed by atoms with Crippen molar-refractivity contribution in [2.24, 2.45) is 0 Å². The van der Waals surface area contributed by atoms with Crippen molar-refractivity contribution in [1.29, 1.82) is 0 Å². The second-order valence-electron chi connectivity index (χ2n) is 2.97. The molecule has 14 heavy (non-hydrogen) atoms. The standard InChI is InChI=1S/C7H13NO5S/c1-12-14(10,11)13-7(9)8-5-3-2-4-6-8/h2-6H2,1H3. The minimum atomic E-state index is -4.16. The Morgan fingerprint density at radius 3 is 2.29 bits per heavy atom. The molecule has 0 unspecified atom stereocenters. The van der Waals surface area contributed by atoms with Gasteiger partial charge in [0.1, 0.15) is 0 Å². The zero-order valence-corrected chi connectivity index (χ0v) is 8.75. The van der Waals surface area contributed by atoms with Gasteiger partial charge in [-0.1, -0.05) is 0 Å². The Morgan fingerprint density at radius 2 is 1.79 bits per heavy atom. The third-order valence-electron chi connectivity index (χ3n) is 1.99. The molecule has 0 N–H and O–H groups in total. The summed E-state index contributed by atoms with van der Waals surface area (Å²) in [6, 6.07) is 0. The van der Waals surface area contributed by atoms with Gasteiger partial charge in [0.25, 0.3) is 0 Å². The fourth-order valence-corrected chi connectivity index (χ4v) is 1.60. The van der Waals surface area contributed by atoms with Gasteiger partial charge < -0.3 is 9.08 Å². The van der Waals surface area contributed by atoms with Gasteiger partial charge in [-0.2, -0.15) is 8.42 Å². The Hall–Kier alpha value is -0.820. The zero-order chi connectivity index (χ0) is 10.6. The molecular formula is C7H13NO5S. The minimum Gasteiger partial charge on any atom is -0.307 e. The highest BCUT2D eigenvalue weighted by Gasteiger charge is 2.23. The highest BCUT2D eigenvalue weighted by Crippen LogP contribution is 2.11. The van der Waals surface area contributed by atoms with E-state index in [1.54, 1.807) is 0 Å². The molecule has 1 aliphatic heterocycles. The SMILES string of the molecule is COS(=O)(=O)OC(=O)N1CCCCC1. The number of amides is 1. The first kappa shape index (κ1) is 11.3. The van der Waals surface area contributed by atoms with Gasteiger partial charge in [-0.05, 0) is 19.3 Å². The van der Waals surface area contributed by atoms with Crippen LogP contribution in [0.3, 0.4) is 0 Å². The summed E-state index contributed by atoms with van der Waals surface area (Å²) < 4.78 is 29.7. The fraction of sp³-hybridized carbons (Fsp3) is 0.857. The van der Waals surface area contributed by atoms with Crippen molar-refractivity contribution in [3.63, 3.8) is 0 Å². The molecule has 7 heteroatoms. The Kier molecular flexibility index (Phi) is 3.70. The molecule has 82 valence electrons. The molecule has 0 saturated carbocycles. The molecule has 1 rings (SSSR count). The van der Waals surface area contributed by atoms with Crippen LogP contribution in [0.25, 0.3) is 0 Å². The molecule has 1 heterocycles. The first-order chi connectivity index (χ1) is 6.55. The van der Waals surface area contributed by atoms with E-state index in [1.807, 2.05) is 0 Å². The number of likely N-dealkylation sites (tertiary alicyclic amines) is 1. The lowest BCUT2D eigenvalue weighted by atomic mass is 10.1. The van der Waals surface area contributed by atoms with Crippen molar-refractivity contribution in [2.45, 2.75) is 19.3 Å². The van der Waals surface area contributed by atoms with Gasteiger partial charge in [0.15, 0.2) is 0 Å². The van der Waals surface area contributed by atoms with Crippen molar-refractivity contribution in [1.82, 2.24) is 4.90 Å². The molecule has 0 aromatic heterocycles. The molecule has 1 aliphatic rings. The Morgan fingerprint density at radius 1 is 1.21 bits per heavy atom. The second-order valence-corrected chi connectivity index (χ2v) is 4.29. The summed E-state index contributed by atoms with van der Waals surface area (Å²) in [7, 11) is -3.22. The lowest BCUT2D eigenvalue weighted by Gasteiger charge is -2.24. The van der Waals surface area contributed by atoms with E-state index in [-0.39, 0.29) is 0 Å². The summed E-state index contributed by atoms with van der Waals surface area (Å²) in [4.78, 5) is 12.6. The number of hydrogen-bond donors (Lipinski definition) is 0. The number of hydrogen-bond acceptors (Lipinski definition) is 5. The number of rotatable bonds is 2. The van der Waals surface area contributed by atoms with Crippen molar-refractivity contribution in [3.05, 3.63) is 0 Å². The summed E-state index contributed by atoms with van der Waals surface area (Å²) in [5, 5.41) is 0. The van der Waals surface area contributed by atoms with E-state index < -0.39 is 16.5 Å². The summed E-state index contributed by atoms with van der Waals surface area (Å²) in [5.74, 6) is 0. The third kappa shape index (κ3) is 3.15. The summed E-state index contributed by atoms with van der Waals surface area (Å²) >= 11 is 0. The molecule has 1 saturated heterocycles. The average Bonchev–Trinajstić information content (AvgIpc) is 2.19. The van der Waals surface area contributed by atoms with Crippen molar-refractivity contribution in [3.8, 4) is 0 Å². The first-order valence-corrected chi connectivity index (χ1v) is 5.67. The predicted molar refractivity (Wildman–Crippen MR) is 47.8 cm³/mol. The van der Waals surface area contributed by atoms with Crippen LogP contribution >= 0.6 is 0 Å². The maximum atomic E-state index is 11.2. The maximum absolute atomic E-state index is 11.2. The lowest BCUT2D eigenvalue weighted by Crippen LogP contribution is -2.37. The van der Waals surface area contributed by atoms with Crippen LogP contribution in [0, 0.1) is 0 Å². The van der Waals surface area contributed by atoms with Crippen LogP contribution < -0.4 is 0 Å². The van der Waals surface area contributed by atoms with Gasteiger partial charge in [-0.15, -0.1) is 0 Å². The monoisotopic (exact) mass is 223 g/mol. The molecule has 6 nitrogen and oxygen atoms in total. The van der Waals surface area contributed by atoms with E-state index in [4.69, 9.17) is 0 Å². The van der Waals surface area contributed by atoms with Crippen molar-refractivity contribution >= 4 is 16.5 Å². The van der Waals surface area contributed by atoms with E-state index in [0.717, 1.165) is 26.4 Å². The summed E-state index contributed by atoms with van der Waals surface area (Å²) in [5.41, 5.74) is 0. The van der Waals surface area contributed by atoms with Gasteiger partial charge in [-0.25, -0.2) is 8.98 Å². The van der Waals surface area contributed by atoms with Crippen LogP contribution in [0.1, 0.15) is 19.3 Å². The van der Waals surface area contributed by atoms with Crippen LogP contribution in [0.4, 0.5) is 4.79 Å². The summed E-state index contributed by atoms with van der Waals surface area (Å²) in [6.45, 7) is 1.08. The van der Waals surface area contributed by atoms with Crippen LogP contribution in [-0.2, 0) is 18.8 Å². The third-order valence-corrected chi connectivity index (χ3v) is 2.75. The van der Waals surface area contributed by atoms with E-state index >= 15 is 0 Å². The molecule has 0 radical (unpaired) electrons. The quantitative estimate of drug-likeness (QED) is 0.681. The van der Waals surface area contributed by atoms with Crippen LogP contribution in [-0.4, -0.2) is 39.6 Å². The van der Waals surface area contributed by atoms with Gasteiger partial charge in [0, 0.05) is 13.1 Å². The van der Waals surface area contributed by atoms with Gasteiger partial charge in [0.05, 0.1) is 7.11 Å². The predicted octanol–water partition coefficient (Wildman–Crippen LogP) is 0.500. The molecule has 0 aliphatic carbocycles. The molecule has 1 amide bonds. The number of nitrogens with zero attached hydrogens (tertiary/aromatic N) is 1. The number of carbonyl (C=O) groups is 1. The van der Waals surface area contributed by atoms with Crippen LogP contribution in [0.15, 0.2) is 0 Å². The highest BCUT2D eigenvalue weighted by atomic mass is 32.3. The number of carbonyl (C=O) groups excluding carboxylic acids is 1. The van der Waals surface area contributed by atoms with Crippen molar-refractivity contribution in [2.75, 3.05) is 20.2 Å². The van der Waals surface area contributed by atoms with Gasteiger partial charge in [-0.3, -0.25) is 0 Å². The maximum Gasteiger partial charge on any atom is 0.452 e. The van der Waals surface area contributed by atoms with E-state index in [9.17, 15) is 13.2 Å². The Labute approximate surface area is 83.1 Å². The van der Waals surface area contributed by atoms with Gasteiger partial charge in [0.2, 0.25) is 0 Å². The first-order valence-electron chi connectivity index (χ1n) is 4.34. The van der Waals surface area contributed by atoms with E-state index in [1.165, 1.54) is 4.90 Å². The minimum absolute atomic E-state index is 0.540. The smallest absolute Gasteiger partial charge is 0.307 e. The van der Waals surface area contributed by atoms with Crippen LogP contribution in [0.5, 0.6) is 0 Å². The molecule has 0 aromatic carbocycles. The fourth-order valence-electron chi connectivity index (χ4n) is 1.25. The molecule has 0 aromatic rings. The second kappa shape index (κ2) is 4.61. The Bertz CT molecular complexity index is 293. The highest BCUT2D eigenvalue weighted by molar-refractivity contribution is 7.82. The largest absolute Gasteiger partial charge is 0.452 e.